The van der Waals surface area contributed by atoms with E-state index in [2.05, 4.69) is 6.92 Å². The van der Waals surface area contributed by atoms with E-state index in [4.69, 9.17) is 4.74 Å². The first-order valence-electron chi connectivity index (χ1n) is 6.46. The average Bonchev–Trinajstić information content (AvgIpc) is 2.18. The van der Waals surface area contributed by atoms with E-state index in [9.17, 15) is 0 Å². The Morgan fingerprint density at radius 3 is 2.43 bits per heavy atom. The van der Waals surface area contributed by atoms with Gasteiger partial charge in [0.1, 0.15) is 0 Å². The van der Waals surface area contributed by atoms with Crippen molar-refractivity contribution < 1.29 is 4.74 Å². The number of hydrogen-bond acceptors (Lipinski definition) is 1. The minimum atomic E-state index is 0.888. The van der Waals surface area contributed by atoms with Gasteiger partial charge >= 0.3 is 0 Å². The standard InChI is InChI=1S/C13H24O/c1-2-14-7-6-13-9-11-4-3-5-12(8-11)10-13/h11-13H,2-10H2,1H3. The molecule has 0 aliphatic heterocycles. The van der Waals surface area contributed by atoms with Crippen molar-refractivity contribution in [3.63, 3.8) is 0 Å². The molecular weight excluding hydrogens is 172 g/mol. The fourth-order valence-electron chi connectivity index (χ4n) is 3.50. The Morgan fingerprint density at radius 1 is 1.07 bits per heavy atom. The molecule has 14 heavy (non-hydrogen) atoms. The Balaban J connectivity index is 1.72. The molecule has 2 bridgehead atoms. The predicted octanol–water partition coefficient (Wildman–Crippen LogP) is 3.63. The Kier molecular flexibility index (Phi) is 3.86. The quantitative estimate of drug-likeness (QED) is 0.624. The zero-order valence-corrected chi connectivity index (χ0v) is 9.50. The Hall–Kier alpha value is -0.0400. The van der Waals surface area contributed by atoms with Crippen molar-refractivity contribution in [2.75, 3.05) is 13.2 Å². The Labute approximate surface area is 88.2 Å². The van der Waals surface area contributed by atoms with Crippen LogP contribution in [0, 0.1) is 17.8 Å². The summed E-state index contributed by atoms with van der Waals surface area (Å²) >= 11 is 0. The molecule has 2 atom stereocenters. The fourth-order valence-corrected chi connectivity index (χ4v) is 3.50. The van der Waals surface area contributed by atoms with Gasteiger partial charge in [-0.2, -0.15) is 0 Å². The molecule has 2 fully saturated rings. The summed E-state index contributed by atoms with van der Waals surface area (Å²) in [5.74, 6) is 3.15. The van der Waals surface area contributed by atoms with E-state index in [0.29, 0.717) is 0 Å². The second-order valence-corrected chi connectivity index (χ2v) is 5.22. The Bertz CT molecular complexity index is 155. The van der Waals surface area contributed by atoms with Crippen molar-refractivity contribution in [2.45, 2.75) is 51.9 Å². The summed E-state index contributed by atoms with van der Waals surface area (Å²) in [6, 6.07) is 0. The maximum atomic E-state index is 5.46. The normalized spacial score (nSPS) is 37.1. The van der Waals surface area contributed by atoms with Crippen LogP contribution in [0.4, 0.5) is 0 Å². The van der Waals surface area contributed by atoms with Crippen LogP contribution in [0.5, 0.6) is 0 Å². The molecule has 0 heterocycles. The molecule has 0 aromatic carbocycles. The van der Waals surface area contributed by atoms with E-state index in [1.807, 2.05) is 0 Å². The zero-order valence-electron chi connectivity index (χ0n) is 9.50. The zero-order chi connectivity index (χ0) is 9.80. The Morgan fingerprint density at radius 2 is 1.79 bits per heavy atom. The van der Waals surface area contributed by atoms with Crippen LogP contribution >= 0.6 is 0 Å². The van der Waals surface area contributed by atoms with E-state index in [-0.39, 0.29) is 0 Å². The van der Waals surface area contributed by atoms with Crippen LogP contribution in [0.3, 0.4) is 0 Å². The van der Waals surface area contributed by atoms with Crippen molar-refractivity contribution in [3.8, 4) is 0 Å². The van der Waals surface area contributed by atoms with Gasteiger partial charge in [0.25, 0.3) is 0 Å². The van der Waals surface area contributed by atoms with Gasteiger partial charge in [0.05, 0.1) is 0 Å². The third-order valence-corrected chi connectivity index (χ3v) is 4.10. The summed E-state index contributed by atoms with van der Waals surface area (Å²) in [7, 11) is 0. The lowest BCUT2D eigenvalue weighted by Crippen LogP contribution is -2.27. The molecule has 2 rings (SSSR count). The van der Waals surface area contributed by atoms with E-state index in [1.54, 1.807) is 6.42 Å². The summed E-state index contributed by atoms with van der Waals surface area (Å²) in [6.07, 6.45) is 10.4. The fraction of sp³-hybridized carbons (Fsp3) is 1.00. The highest BCUT2D eigenvalue weighted by atomic mass is 16.5. The lowest BCUT2D eigenvalue weighted by molar-refractivity contribution is 0.0881. The van der Waals surface area contributed by atoms with Gasteiger partial charge in [-0.1, -0.05) is 19.3 Å². The lowest BCUT2D eigenvalue weighted by atomic mass is 9.67. The van der Waals surface area contributed by atoms with Crippen molar-refractivity contribution in [3.05, 3.63) is 0 Å². The monoisotopic (exact) mass is 196 g/mol. The third-order valence-electron chi connectivity index (χ3n) is 4.10. The SMILES string of the molecule is CCOCCC1CC2CCCC(C2)C1. The highest BCUT2D eigenvalue weighted by Crippen LogP contribution is 2.43. The van der Waals surface area contributed by atoms with Crippen LogP contribution < -0.4 is 0 Å². The van der Waals surface area contributed by atoms with Gasteiger partial charge in [-0.05, 0) is 50.4 Å². The van der Waals surface area contributed by atoms with Crippen LogP contribution in [0.25, 0.3) is 0 Å². The molecule has 0 spiro atoms. The molecule has 0 aromatic rings. The summed E-state index contributed by atoms with van der Waals surface area (Å²) in [6.45, 7) is 3.98. The van der Waals surface area contributed by atoms with E-state index >= 15 is 0 Å². The molecule has 2 saturated carbocycles. The molecule has 0 N–H and O–H groups in total. The smallest absolute Gasteiger partial charge is 0.0468 e. The second-order valence-electron chi connectivity index (χ2n) is 5.22. The van der Waals surface area contributed by atoms with Crippen LogP contribution in [0.2, 0.25) is 0 Å². The maximum absolute atomic E-state index is 5.46. The predicted molar refractivity (Wildman–Crippen MR) is 59.3 cm³/mol. The molecular formula is C13H24O. The van der Waals surface area contributed by atoms with Gasteiger partial charge in [-0.3, -0.25) is 0 Å². The average molecular weight is 196 g/mol. The molecule has 0 radical (unpaired) electrons. The minimum absolute atomic E-state index is 0.888. The molecule has 0 amide bonds. The third kappa shape index (κ3) is 2.73. The van der Waals surface area contributed by atoms with E-state index in [1.165, 1.54) is 38.5 Å². The van der Waals surface area contributed by atoms with Crippen LogP contribution in [0.15, 0.2) is 0 Å². The number of hydrogen-bond donors (Lipinski definition) is 0. The first-order chi connectivity index (χ1) is 6.88. The summed E-state index contributed by atoms with van der Waals surface area (Å²) < 4.78 is 5.46. The van der Waals surface area contributed by atoms with E-state index in [0.717, 1.165) is 31.0 Å². The number of fused-ring (bicyclic) bond motifs is 2. The number of ether oxygens (including phenoxy) is 1. The van der Waals surface area contributed by atoms with Crippen LogP contribution in [-0.4, -0.2) is 13.2 Å². The van der Waals surface area contributed by atoms with Gasteiger partial charge in [-0.15, -0.1) is 0 Å². The van der Waals surface area contributed by atoms with Crippen molar-refractivity contribution in [1.29, 1.82) is 0 Å². The molecule has 2 unspecified atom stereocenters. The van der Waals surface area contributed by atoms with Crippen molar-refractivity contribution in [2.24, 2.45) is 17.8 Å². The molecule has 2 aliphatic carbocycles. The van der Waals surface area contributed by atoms with Crippen molar-refractivity contribution >= 4 is 0 Å². The first kappa shape index (κ1) is 10.5. The highest BCUT2D eigenvalue weighted by Gasteiger charge is 2.31. The summed E-state index contributed by atoms with van der Waals surface area (Å²) in [4.78, 5) is 0. The van der Waals surface area contributed by atoms with Crippen LogP contribution in [0.1, 0.15) is 51.9 Å². The summed E-state index contributed by atoms with van der Waals surface area (Å²) in [5, 5.41) is 0. The number of rotatable bonds is 4. The minimum Gasteiger partial charge on any atom is -0.382 e. The second kappa shape index (κ2) is 5.16. The van der Waals surface area contributed by atoms with Gasteiger partial charge in [-0.25, -0.2) is 0 Å². The topological polar surface area (TPSA) is 9.23 Å². The van der Waals surface area contributed by atoms with Gasteiger partial charge in [0.15, 0.2) is 0 Å². The van der Waals surface area contributed by atoms with E-state index < -0.39 is 0 Å². The molecule has 2 aliphatic rings. The molecule has 0 aromatic heterocycles. The first-order valence-corrected chi connectivity index (χ1v) is 6.46. The van der Waals surface area contributed by atoms with Gasteiger partial charge in [0.2, 0.25) is 0 Å². The largest absolute Gasteiger partial charge is 0.382 e. The summed E-state index contributed by atoms with van der Waals surface area (Å²) in [5.41, 5.74) is 0. The lowest BCUT2D eigenvalue weighted by Gasteiger charge is -2.39. The highest BCUT2D eigenvalue weighted by molar-refractivity contribution is 4.82. The maximum Gasteiger partial charge on any atom is 0.0468 e. The molecule has 1 nitrogen and oxygen atoms in total. The molecule has 82 valence electrons. The van der Waals surface area contributed by atoms with Gasteiger partial charge < -0.3 is 4.74 Å². The van der Waals surface area contributed by atoms with Crippen LogP contribution in [-0.2, 0) is 4.74 Å². The molecule has 1 heteroatoms. The van der Waals surface area contributed by atoms with Crippen molar-refractivity contribution in [1.82, 2.24) is 0 Å². The van der Waals surface area contributed by atoms with Gasteiger partial charge in [0, 0.05) is 13.2 Å². The molecule has 0 saturated heterocycles.